The van der Waals surface area contributed by atoms with E-state index in [9.17, 15) is 14.0 Å². The normalized spacial score (nSPS) is 15.7. The van der Waals surface area contributed by atoms with E-state index in [0.717, 1.165) is 30.8 Å². The standard InChI is InChI=1S/C21H23FN4O2/c1-24-7-3-8-25(11-10-24)21(28)17-13-15(5-6-18(17)22)12-16-14-23-20(27)19-4-2-9-26(16)19/h2,4-6,9,13-14H,3,7-8,10-12H2,1H3,(H,23,27). The Hall–Kier alpha value is -2.93. The van der Waals surface area contributed by atoms with Crippen LogP contribution >= 0.6 is 0 Å². The first-order chi connectivity index (χ1) is 13.5. The number of rotatable bonds is 3. The maximum Gasteiger partial charge on any atom is 0.272 e. The minimum Gasteiger partial charge on any atom is -0.337 e. The molecule has 28 heavy (non-hydrogen) atoms. The fourth-order valence-electron chi connectivity index (χ4n) is 3.72. The van der Waals surface area contributed by atoms with Crippen molar-refractivity contribution < 1.29 is 9.18 Å². The first-order valence-corrected chi connectivity index (χ1v) is 9.47. The number of likely N-dealkylation sites (N-methyl/N-ethyl adjacent to an activating group) is 1. The Bertz CT molecular complexity index is 1070. The minimum atomic E-state index is -0.501. The van der Waals surface area contributed by atoms with Crippen molar-refractivity contribution in [1.82, 2.24) is 19.2 Å². The summed E-state index contributed by atoms with van der Waals surface area (Å²) >= 11 is 0. The Labute approximate surface area is 162 Å². The maximum absolute atomic E-state index is 14.4. The van der Waals surface area contributed by atoms with Gasteiger partial charge in [0.15, 0.2) is 0 Å². The van der Waals surface area contributed by atoms with Crippen LogP contribution in [0.1, 0.15) is 28.0 Å². The highest BCUT2D eigenvalue weighted by Crippen LogP contribution is 2.17. The van der Waals surface area contributed by atoms with Crippen molar-refractivity contribution >= 4 is 11.4 Å². The van der Waals surface area contributed by atoms with E-state index in [0.29, 0.717) is 25.0 Å². The molecule has 0 radical (unpaired) electrons. The molecule has 146 valence electrons. The van der Waals surface area contributed by atoms with Crippen molar-refractivity contribution in [3.8, 4) is 0 Å². The molecule has 0 aliphatic carbocycles. The molecule has 7 heteroatoms. The SMILES string of the molecule is CN1CCCN(C(=O)c2cc(Cc3c[nH]c(=O)c4cccn34)ccc2F)CC1. The summed E-state index contributed by atoms with van der Waals surface area (Å²) in [4.78, 5) is 31.4. The molecular weight excluding hydrogens is 359 g/mol. The van der Waals surface area contributed by atoms with Crippen LogP contribution in [-0.2, 0) is 6.42 Å². The van der Waals surface area contributed by atoms with E-state index in [1.165, 1.54) is 6.07 Å². The van der Waals surface area contributed by atoms with E-state index in [1.54, 1.807) is 29.3 Å². The van der Waals surface area contributed by atoms with Crippen LogP contribution in [-0.4, -0.2) is 58.3 Å². The number of nitrogens with zero attached hydrogens (tertiary/aromatic N) is 3. The third-order valence-corrected chi connectivity index (χ3v) is 5.31. The van der Waals surface area contributed by atoms with Gasteiger partial charge in [0.25, 0.3) is 11.5 Å². The van der Waals surface area contributed by atoms with Crippen LogP contribution in [0, 0.1) is 5.82 Å². The molecule has 1 fully saturated rings. The highest BCUT2D eigenvalue weighted by Gasteiger charge is 2.22. The topological polar surface area (TPSA) is 60.8 Å². The second-order valence-electron chi connectivity index (χ2n) is 7.31. The quantitative estimate of drug-likeness (QED) is 0.755. The second-order valence-corrected chi connectivity index (χ2v) is 7.31. The predicted molar refractivity (Wildman–Crippen MR) is 105 cm³/mol. The fourth-order valence-corrected chi connectivity index (χ4v) is 3.72. The van der Waals surface area contributed by atoms with Crippen LogP contribution in [0.5, 0.6) is 0 Å². The molecule has 3 heterocycles. The van der Waals surface area contributed by atoms with Crippen LogP contribution in [0.15, 0.2) is 47.5 Å². The summed E-state index contributed by atoms with van der Waals surface area (Å²) in [7, 11) is 2.03. The molecule has 3 aromatic rings. The number of aromatic amines is 1. The molecule has 6 nitrogen and oxygen atoms in total. The molecule has 4 rings (SSSR count). The van der Waals surface area contributed by atoms with Gasteiger partial charge in [-0.3, -0.25) is 9.59 Å². The molecule has 0 atom stereocenters. The lowest BCUT2D eigenvalue weighted by atomic mass is 10.0. The van der Waals surface area contributed by atoms with Gasteiger partial charge in [-0.25, -0.2) is 4.39 Å². The number of nitrogens with one attached hydrogen (secondary N) is 1. The molecular formula is C21H23FN4O2. The number of fused-ring (bicyclic) bond motifs is 1. The molecule has 0 spiro atoms. The van der Waals surface area contributed by atoms with E-state index in [4.69, 9.17) is 0 Å². The van der Waals surface area contributed by atoms with Crippen LogP contribution in [0.2, 0.25) is 0 Å². The van der Waals surface area contributed by atoms with Gasteiger partial charge in [-0.05, 0) is 49.8 Å². The third-order valence-electron chi connectivity index (χ3n) is 5.31. The Morgan fingerprint density at radius 2 is 2.04 bits per heavy atom. The number of hydrogen-bond donors (Lipinski definition) is 1. The lowest BCUT2D eigenvalue weighted by Crippen LogP contribution is -2.35. The van der Waals surface area contributed by atoms with E-state index in [2.05, 4.69) is 9.88 Å². The molecule has 0 bridgehead atoms. The van der Waals surface area contributed by atoms with Gasteiger partial charge in [0.1, 0.15) is 11.3 Å². The number of carbonyl (C=O) groups is 1. The average Bonchev–Trinajstić information content (AvgIpc) is 3.09. The fraction of sp³-hybridized carbons (Fsp3) is 0.333. The lowest BCUT2D eigenvalue weighted by molar-refractivity contribution is 0.0758. The first kappa shape index (κ1) is 18.4. The predicted octanol–water partition coefficient (Wildman–Crippen LogP) is 2.14. The lowest BCUT2D eigenvalue weighted by Gasteiger charge is -2.21. The van der Waals surface area contributed by atoms with Crippen molar-refractivity contribution in [3.63, 3.8) is 0 Å². The van der Waals surface area contributed by atoms with E-state index < -0.39 is 5.82 Å². The summed E-state index contributed by atoms with van der Waals surface area (Å²) in [6.07, 6.45) is 4.84. The van der Waals surface area contributed by atoms with E-state index in [-0.39, 0.29) is 17.0 Å². The minimum absolute atomic E-state index is 0.107. The number of halogens is 1. The van der Waals surface area contributed by atoms with Gasteiger partial charge in [0, 0.05) is 44.1 Å². The molecule has 1 aromatic carbocycles. The number of amides is 1. The van der Waals surface area contributed by atoms with Gasteiger partial charge in [-0.15, -0.1) is 0 Å². The van der Waals surface area contributed by atoms with Crippen LogP contribution in [0.25, 0.3) is 5.52 Å². The van der Waals surface area contributed by atoms with Crippen molar-refractivity contribution in [2.24, 2.45) is 0 Å². The van der Waals surface area contributed by atoms with Crippen molar-refractivity contribution in [2.75, 3.05) is 33.2 Å². The summed E-state index contributed by atoms with van der Waals surface area (Å²) in [5, 5.41) is 0. The molecule has 1 aliphatic rings. The number of benzene rings is 1. The summed E-state index contributed by atoms with van der Waals surface area (Å²) in [6, 6.07) is 8.23. The highest BCUT2D eigenvalue weighted by atomic mass is 19.1. The summed E-state index contributed by atoms with van der Waals surface area (Å²) in [5.74, 6) is -0.763. The number of carbonyl (C=O) groups excluding carboxylic acids is 1. The zero-order chi connectivity index (χ0) is 19.7. The van der Waals surface area contributed by atoms with Crippen LogP contribution in [0.4, 0.5) is 4.39 Å². The average molecular weight is 382 g/mol. The molecule has 1 saturated heterocycles. The van der Waals surface area contributed by atoms with E-state index in [1.807, 2.05) is 23.7 Å². The van der Waals surface area contributed by atoms with Crippen LogP contribution < -0.4 is 5.56 Å². The van der Waals surface area contributed by atoms with Gasteiger partial charge < -0.3 is 19.2 Å². The molecule has 2 aromatic heterocycles. The van der Waals surface area contributed by atoms with Crippen molar-refractivity contribution in [1.29, 1.82) is 0 Å². The van der Waals surface area contributed by atoms with Crippen LogP contribution in [0.3, 0.4) is 0 Å². The third kappa shape index (κ3) is 3.57. The zero-order valence-electron chi connectivity index (χ0n) is 15.8. The Morgan fingerprint density at radius 1 is 1.18 bits per heavy atom. The Morgan fingerprint density at radius 3 is 2.89 bits per heavy atom. The molecule has 1 amide bonds. The van der Waals surface area contributed by atoms with Crippen molar-refractivity contribution in [2.45, 2.75) is 12.8 Å². The smallest absolute Gasteiger partial charge is 0.272 e. The molecule has 1 aliphatic heterocycles. The summed E-state index contributed by atoms with van der Waals surface area (Å²) in [6.45, 7) is 2.96. The van der Waals surface area contributed by atoms with Crippen molar-refractivity contribution in [3.05, 3.63) is 75.7 Å². The summed E-state index contributed by atoms with van der Waals surface area (Å²) < 4.78 is 16.3. The maximum atomic E-state index is 14.4. The van der Waals surface area contributed by atoms with Gasteiger partial charge in [0.2, 0.25) is 0 Å². The van der Waals surface area contributed by atoms with E-state index >= 15 is 0 Å². The van der Waals surface area contributed by atoms with Gasteiger partial charge in [-0.2, -0.15) is 0 Å². The molecule has 0 unspecified atom stereocenters. The highest BCUT2D eigenvalue weighted by molar-refractivity contribution is 5.94. The van der Waals surface area contributed by atoms with Gasteiger partial charge in [0.05, 0.1) is 5.56 Å². The number of aromatic nitrogens is 2. The zero-order valence-corrected chi connectivity index (χ0v) is 15.8. The largest absolute Gasteiger partial charge is 0.337 e. The number of H-pyrrole nitrogens is 1. The summed E-state index contributed by atoms with van der Waals surface area (Å²) in [5.41, 5.74) is 2.19. The Kier molecular flexibility index (Phi) is 5.00. The Balaban J connectivity index is 1.61. The van der Waals surface area contributed by atoms with Gasteiger partial charge in [-0.1, -0.05) is 6.07 Å². The molecule has 0 saturated carbocycles. The second kappa shape index (κ2) is 7.59. The first-order valence-electron chi connectivity index (χ1n) is 9.47. The van der Waals surface area contributed by atoms with Gasteiger partial charge >= 0.3 is 0 Å². The monoisotopic (exact) mass is 382 g/mol. The molecule has 1 N–H and O–H groups in total. The number of hydrogen-bond acceptors (Lipinski definition) is 3.